The number of H-pyrrole nitrogens is 1. The normalized spacial score (nSPS) is 11.0. The predicted molar refractivity (Wildman–Crippen MR) is 92.5 cm³/mol. The lowest BCUT2D eigenvalue weighted by Gasteiger charge is -2.03. The van der Waals surface area contributed by atoms with Gasteiger partial charge in [0.25, 0.3) is 0 Å². The molecule has 0 aliphatic rings. The van der Waals surface area contributed by atoms with E-state index < -0.39 is 0 Å². The highest BCUT2D eigenvalue weighted by Gasteiger charge is 2.07. The van der Waals surface area contributed by atoms with E-state index in [4.69, 9.17) is 16.0 Å². The fraction of sp³-hybridized carbons (Fsp3) is 0.278. The van der Waals surface area contributed by atoms with Gasteiger partial charge >= 0.3 is 0 Å². The van der Waals surface area contributed by atoms with Gasteiger partial charge in [-0.3, -0.25) is 5.10 Å². The highest BCUT2D eigenvalue weighted by molar-refractivity contribution is 6.33. The Labute approximate surface area is 140 Å². The number of furan rings is 1. The van der Waals surface area contributed by atoms with Gasteiger partial charge in [0, 0.05) is 11.3 Å². The second kappa shape index (κ2) is 7.49. The van der Waals surface area contributed by atoms with E-state index in [1.807, 2.05) is 42.6 Å². The lowest BCUT2D eigenvalue weighted by Crippen LogP contribution is -2.14. The average molecular weight is 330 g/mol. The number of benzene rings is 1. The Balaban J connectivity index is 1.46. The van der Waals surface area contributed by atoms with Gasteiger partial charge in [-0.2, -0.15) is 5.10 Å². The molecule has 4 nitrogen and oxygen atoms in total. The summed E-state index contributed by atoms with van der Waals surface area (Å²) in [5, 5.41) is 11.1. The Morgan fingerprint density at radius 3 is 2.87 bits per heavy atom. The Morgan fingerprint density at radius 1 is 1.22 bits per heavy atom. The van der Waals surface area contributed by atoms with Crippen LogP contribution in [-0.4, -0.2) is 16.7 Å². The molecule has 2 aromatic heterocycles. The number of hydrogen-bond donors (Lipinski definition) is 2. The van der Waals surface area contributed by atoms with E-state index >= 15 is 0 Å². The topological polar surface area (TPSA) is 53.9 Å². The maximum atomic E-state index is 6.19. The van der Waals surface area contributed by atoms with E-state index in [0.717, 1.165) is 48.7 Å². The zero-order valence-electron chi connectivity index (χ0n) is 13.1. The van der Waals surface area contributed by atoms with Gasteiger partial charge in [0.2, 0.25) is 0 Å². The third-order valence-corrected chi connectivity index (χ3v) is 4.16. The first kappa shape index (κ1) is 15.8. The van der Waals surface area contributed by atoms with Gasteiger partial charge in [-0.1, -0.05) is 23.7 Å². The van der Waals surface area contributed by atoms with Gasteiger partial charge in [0.15, 0.2) is 0 Å². The van der Waals surface area contributed by atoms with Gasteiger partial charge < -0.3 is 9.73 Å². The van der Waals surface area contributed by atoms with Crippen LogP contribution in [0.1, 0.15) is 23.4 Å². The van der Waals surface area contributed by atoms with Crippen molar-refractivity contribution in [2.24, 2.45) is 0 Å². The smallest absolute Gasteiger partial charge is 0.135 e. The summed E-state index contributed by atoms with van der Waals surface area (Å²) in [5.74, 6) is 1.72. The summed E-state index contributed by atoms with van der Waals surface area (Å²) in [4.78, 5) is 0. The summed E-state index contributed by atoms with van der Waals surface area (Å²) >= 11 is 6.19. The van der Waals surface area contributed by atoms with E-state index in [9.17, 15) is 0 Å². The van der Waals surface area contributed by atoms with Crippen molar-refractivity contribution in [3.05, 3.63) is 64.6 Å². The molecule has 1 aromatic carbocycles. The van der Waals surface area contributed by atoms with Crippen LogP contribution < -0.4 is 5.32 Å². The molecule has 0 aliphatic heterocycles. The van der Waals surface area contributed by atoms with Crippen LogP contribution in [0.3, 0.4) is 0 Å². The van der Waals surface area contributed by atoms with Gasteiger partial charge in [0.05, 0.1) is 17.8 Å². The van der Waals surface area contributed by atoms with Crippen molar-refractivity contribution in [3.8, 4) is 11.3 Å². The summed E-state index contributed by atoms with van der Waals surface area (Å²) < 4.78 is 5.86. The molecule has 5 heteroatoms. The van der Waals surface area contributed by atoms with Crippen LogP contribution in [-0.2, 0) is 13.0 Å². The van der Waals surface area contributed by atoms with Crippen molar-refractivity contribution >= 4 is 11.6 Å². The fourth-order valence-corrected chi connectivity index (χ4v) is 2.75. The summed E-state index contributed by atoms with van der Waals surface area (Å²) in [6.07, 6.45) is 3.99. The number of nitrogens with one attached hydrogen (secondary N) is 2. The van der Waals surface area contributed by atoms with Crippen molar-refractivity contribution in [2.45, 2.75) is 26.3 Å². The van der Waals surface area contributed by atoms with Crippen LogP contribution >= 0.6 is 11.6 Å². The summed E-state index contributed by atoms with van der Waals surface area (Å²) in [6, 6.07) is 11.7. The molecule has 0 saturated carbocycles. The molecular weight excluding hydrogens is 310 g/mol. The molecule has 0 amide bonds. The Kier molecular flexibility index (Phi) is 5.16. The minimum atomic E-state index is 0.705. The van der Waals surface area contributed by atoms with Gasteiger partial charge in [-0.15, -0.1) is 0 Å². The van der Waals surface area contributed by atoms with Crippen LogP contribution in [0.5, 0.6) is 0 Å². The Bertz CT molecular complexity index is 763. The second-order valence-corrected chi connectivity index (χ2v) is 5.95. The molecule has 0 saturated heterocycles. The molecule has 3 aromatic rings. The Morgan fingerprint density at radius 2 is 2.09 bits per heavy atom. The summed E-state index contributed by atoms with van der Waals surface area (Å²) in [5.41, 5.74) is 3.36. The summed E-state index contributed by atoms with van der Waals surface area (Å²) in [6.45, 7) is 3.70. The minimum absolute atomic E-state index is 0.705. The number of aromatic amines is 1. The number of aromatic nitrogens is 2. The highest BCUT2D eigenvalue weighted by Crippen LogP contribution is 2.28. The molecule has 3 rings (SSSR count). The molecule has 0 atom stereocenters. The second-order valence-electron chi connectivity index (χ2n) is 5.55. The number of halogens is 1. The molecule has 0 bridgehead atoms. The standard InChI is InChI=1S/C18H20ClN3O/c1-13-14(11-21-22-13)5-4-10-20-12-15-8-9-18(23-15)16-6-2-3-7-17(16)19/h2-3,6-9,11,20H,4-5,10,12H2,1H3,(H,21,22). The van der Waals surface area contributed by atoms with Gasteiger partial charge in [0.1, 0.15) is 11.5 Å². The number of rotatable bonds is 7. The maximum absolute atomic E-state index is 6.19. The van der Waals surface area contributed by atoms with E-state index in [0.29, 0.717) is 5.02 Å². The van der Waals surface area contributed by atoms with Gasteiger partial charge in [-0.05, 0) is 56.1 Å². The minimum Gasteiger partial charge on any atom is -0.460 e. The lowest BCUT2D eigenvalue weighted by atomic mass is 10.1. The first-order valence-corrected chi connectivity index (χ1v) is 8.15. The number of nitrogens with zero attached hydrogens (tertiary/aromatic N) is 1. The largest absolute Gasteiger partial charge is 0.460 e. The molecule has 2 N–H and O–H groups in total. The molecule has 0 aliphatic carbocycles. The molecule has 0 unspecified atom stereocenters. The van der Waals surface area contributed by atoms with Crippen LogP contribution in [0, 0.1) is 6.92 Å². The molecule has 0 fully saturated rings. The van der Waals surface area contributed by atoms with Gasteiger partial charge in [-0.25, -0.2) is 0 Å². The maximum Gasteiger partial charge on any atom is 0.135 e. The van der Waals surface area contributed by atoms with Crippen LogP contribution in [0.2, 0.25) is 5.02 Å². The fourth-order valence-electron chi connectivity index (χ4n) is 2.52. The number of hydrogen-bond acceptors (Lipinski definition) is 3. The first-order valence-electron chi connectivity index (χ1n) is 7.77. The molecule has 0 spiro atoms. The Hall–Kier alpha value is -2.04. The SMILES string of the molecule is Cc1[nH]ncc1CCCNCc1ccc(-c2ccccc2Cl)o1. The molecule has 120 valence electrons. The van der Waals surface area contributed by atoms with Crippen LogP contribution in [0.15, 0.2) is 47.0 Å². The third kappa shape index (κ3) is 4.03. The van der Waals surface area contributed by atoms with Crippen LogP contribution in [0.4, 0.5) is 0 Å². The average Bonchev–Trinajstić information content (AvgIpc) is 3.17. The summed E-state index contributed by atoms with van der Waals surface area (Å²) in [7, 11) is 0. The van der Waals surface area contributed by atoms with E-state index in [1.54, 1.807) is 0 Å². The zero-order chi connectivity index (χ0) is 16.1. The highest BCUT2D eigenvalue weighted by atomic mass is 35.5. The van der Waals surface area contributed by atoms with Crippen LogP contribution in [0.25, 0.3) is 11.3 Å². The van der Waals surface area contributed by atoms with E-state index in [-0.39, 0.29) is 0 Å². The first-order chi connectivity index (χ1) is 11.2. The molecule has 0 radical (unpaired) electrons. The van der Waals surface area contributed by atoms with E-state index in [2.05, 4.69) is 22.4 Å². The monoisotopic (exact) mass is 329 g/mol. The van der Waals surface area contributed by atoms with Crippen molar-refractivity contribution in [2.75, 3.05) is 6.54 Å². The van der Waals surface area contributed by atoms with Crippen molar-refractivity contribution in [3.63, 3.8) is 0 Å². The molecular formula is C18H20ClN3O. The molecule has 23 heavy (non-hydrogen) atoms. The predicted octanol–water partition coefficient (Wildman–Crippen LogP) is 4.35. The molecule has 2 heterocycles. The van der Waals surface area contributed by atoms with Crippen molar-refractivity contribution < 1.29 is 4.42 Å². The number of aryl methyl sites for hydroxylation is 2. The third-order valence-electron chi connectivity index (χ3n) is 3.83. The lowest BCUT2D eigenvalue weighted by molar-refractivity contribution is 0.491. The quantitative estimate of drug-likeness (QED) is 0.633. The zero-order valence-corrected chi connectivity index (χ0v) is 13.9. The van der Waals surface area contributed by atoms with Crippen molar-refractivity contribution in [1.82, 2.24) is 15.5 Å². The van der Waals surface area contributed by atoms with Crippen molar-refractivity contribution in [1.29, 1.82) is 0 Å². The van der Waals surface area contributed by atoms with E-state index in [1.165, 1.54) is 5.56 Å².